The van der Waals surface area contributed by atoms with Gasteiger partial charge in [-0.25, -0.2) is 13.6 Å². The first-order chi connectivity index (χ1) is 36.2. The molecular weight excluding hydrogens is 1040 g/mol. The average Bonchev–Trinajstić information content (AvgIpc) is 3.77. The van der Waals surface area contributed by atoms with E-state index < -0.39 is 76.6 Å². The van der Waals surface area contributed by atoms with E-state index in [1.165, 1.54) is 0 Å². The molecule has 0 fully saturated rings. The molecule has 0 aliphatic heterocycles. The molecule has 10 N–H and O–H groups in total. The molecule has 21 nitrogen and oxygen atoms in total. The number of carboxylic acids is 3. The number of carboxylic acid groups (broad SMARTS) is 3. The molecule has 0 aliphatic rings. The molecule has 0 saturated carbocycles. The molecular formula is C51H73F2N7O14S2. The van der Waals surface area contributed by atoms with Gasteiger partial charge >= 0.3 is 17.9 Å². The van der Waals surface area contributed by atoms with Gasteiger partial charge in [0.2, 0.25) is 23.6 Å². The van der Waals surface area contributed by atoms with E-state index in [1.54, 1.807) is 17.2 Å². The number of carbonyl (C=O) groups is 7. The Labute approximate surface area is 449 Å². The summed E-state index contributed by atoms with van der Waals surface area (Å²) in [5, 5.41) is 34.4. The van der Waals surface area contributed by atoms with Gasteiger partial charge in [0, 0.05) is 73.5 Å². The lowest BCUT2D eigenvalue weighted by Gasteiger charge is -2.41. The van der Waals surface area contributed by atoms with Crippen molar-refractivity contribution >= 4 is 65.1 Å². The lowest BCUT2D eigenvalue weighted by atomic mass is 9.83. The Morgan fingerprint density at radius 2 is 1.42 bits per heavy atom. The minimum Gasteiger partial charge on any atom is -0.481 e. The molecule has 3 rings (SSSR count). The second-order valence-corrected chi connectivity index (χ2v) is 20.6. The van der Waals surface area contributed by atoms with Crippen molar-refractivity contribution in [3.63, 3.8) is 0 Å². The second kappa shape index (κ2) is 34.9. The minimum atomic E-state index is -1.29. The standard InChI is InChI=1S/C51H73F2N7O14S2/c1-51(2,3)47(41-26-35(37-27-36(52)10-11-38(37)53)30-59(41)29-34-8-5-4-6-9-34)60(17-7-14-54)45(63)33-75-32-40(50(69)70)58-44(62)13-18-71-20-22-73-24-25-74-23-21-72-19-16-56-43(61)12-15-57-48(66)42(28-46(64)65)76-31-39(55)49(67)68/h4-6,8-11,26-27,30,39-40,42,47H,7,12-25,28-29,31-33,54-55H2,1-3H3,(H,56,61)(H,57,66)(H,58,62)(H,64,65)(H,67,68)(H,69,70)/t39-,40-,42?,47-/m0/s1. The van der Waals surface area contributed by atoms with E-state index in [1.807, 2.05) is 55.7 Å². The first kappa shape index (κ1) is 64.6. The van der Waals surface area contributed by atoms with Crippen molar-refractivity contribution in [3.05, 3.63) is 83.7 Å². The minimum absolute atomic E-state index is 0.00363. The van der Waals surface area contributed by atoms with Gasteiger partial charge in [-0.3, -0.25) is 28.8 Å². The van der Waals surface area contributed by atoms with E-state index in [4.69, 9.17) is 40.6 Å². The lowest BCUT2D eigenvalue weighted by Crippen LogP contribution is -2.45. The number of thioether (sulfide) groups is 2. The van der Waals surface area contributed by atoms with Crippen molar-refractivity contribution < 1.29 is 76.6 Å². The van der Waals surface area contributed by atoms with Gasteiger partial charge in [-0.1, -0.05) is 51.1 Å². The molecule has 4 amide bonds. The van der Waals surface area contributed by atoms with Gasteiger partial charge in [0.25, 0.3) is 0 Å². The number of nitrogens with zero attached hydrogens (tertiary/aromatic N) is 2. The van der Waals surface area contributed by atoms with Gasteiger partial charge in [0.1, 0.15) is 23.7 Å². The Morgan fingerprint density at radius 3 is 2.03 bits per heavy atom. The smallest absolute Gasteiger partial charge is 0.327 e. The number of ether oxygens (including phenoxy) is 4. The Kier molecular flexibility index (Phi) is 29.7. The first-order valence-corrected chi connectivity index (χ1v) is 26.9. The number of aliphatic carboxylic acids is 3. The normalized spacial score (nSPS) is 13.0. The Bertz CT molecular complexity index is 2310. The van der Waals surface area contributed by atoms with E-state index >= 15 is 4.39 Å². The summed E-state index contributed by atoms with van der Waals surface area (Å²) in [6.07, 6.45) is 1.49. The van der Waals surface area contributed by atoms with Crippen LogP contribution in [-0.4, -0.2) is 180 Å². The number of hydrogen-bond donors (Lipinski definition) is 8. The summed E-state index contributed by atoms with van der Waals surface area (Å²) in [6, 6.07) is 11.5. The van der Waals surface area contributed by atoms with Gasteiger partial charge in [0.05, 0.1) is 76.3 Å². The van der Waals surface area contributed by atoms with Crippen molar-refractivity contribution in [2.75, 3.05) is 96.3 Å². The van der Waals surface area contributed by atoms with Crippen LogP contribution >= 0.6 is 23.5 Å². The summed E-state index contributed by atoms with van der Waals surface area (Å²) in [4.78, 5) is 87.4. The van der Waals surface area contributed by atoms with E-state index in [-0.39, 0.29) is 120 Å². The molecule has 1 heterocycles. The van der Waals surface area contributed by atoms with Gasteiger partial charge in [-0.15, -0.1) is 23.5 Å². The number of hydrogen-bond acceptors (Lipinski definition) is 15. The SMILES string of the molecule is CC(C)(C)[C@H](c1cc(-c2cc(F)ccc2F)cn1Cc1ccccc1)N(CCCN)C(=O)CSC[C@H](NC(=O)CCOCCOCCOCCOCCNC(=O)CCNC(=O)C(CC(=O)O)SC[C@H](N)C(=O)O)C(=O)O. The van der Waals surface area contributed by atoms with Crippen LogP contribution in [-0.2, 0) is 59.1 Å². The number of halogens is 2. The van der Waals surface area contributed by atoms with E-state index in [9.17, 15) is 43.1 Å². The summed E-state index contributed by atoms with van der Waals surface area (Å²) < 4.78 is 53.3. The third-order valence-corrected chi connectivity index (χ3v) is 13.5. The topological polar surface area (TPSA) is 313 Å². The number of benzene rings is 2. The van der Waals surface area contributed by atoms with Gasteiger partial charge in [-0.05, 0) is 48.2 Å². The molecule has 4 atom stereocenters. The Morgan fingerprint density at radius 1 is 0.776 bits per heavy atom. The molecule has 25 heteroatoms. The van der Waals surface area contributed by atoms with Crippen LogP contribution in [0, 0.1) is 17.0 Å². The maximum absolute atomic E-state index is 15.2. The molecule has 422 valence electrons. The Balaban J connectivity index is 1.34. The quantitative estimate of drug-likeness (QED) is 0.0381. The van der Waals surface area contributed by atoms with Crippen molar-refractivity contribution in [2.45, 2.75) is 76.4 Å². The van der Waals surface area contributed by atoms with Crippen LogP contribution in [0.4, 0.5) is 8.78 Å². The van der Waals surface area contributed by atoms with E-state index in [0.717, 1.165) is 47.3 Å². The summed E-state index contributed by atoms with van der Waals surface area (Å²) in [5.74, 6) is -7.21. The monoisotopic (exact) mass is 1110 g/mol. The molecule has 1 unspecified atom stereocenters. The molecule has 76 heavy (non-hydrogen) atoms. The third kappa shape index (κ3) is 24.5. The van der Waals surface area contributed by atoms with Gasteiger partial charge in [0.15, 0.2) is 0 Å². The van der Waals surface area contributed by atoms with Crippen LogP contribution in [0.25, 0.3) is 11.1 Å². The van der Waals surface area contributed by atoms with Crippen molar-refractivity contribution in [1.29, 1.82) is 0 Å². The zero-order valence-corrected chi connectivity index (χ0v) is 44.8. The molecule has 0 saturated heterocycles. The predicted molar refractivity (Wildman–Crippen MR) is 282 cm³/mol. The maximum Gasteiger partial charge on any atom is 0.327 e. The number of aromatic nitrogens is 1. The highest BCUT2D eigenvalue weighted by Crippen LogP contribution is 2.41. The van der Waals surface area contributed by atoms with Gasteiger partial charge in [-0.2, -0.15) is 0 Å². The molecule has 0 bridgehead atoms. The highest BCUT2D eigenvalue weighted by molar-refractivity contribution is 8.00. The van der Waals surface area contributed by atoms with E-state index in [2.05, 4.69) is 16.0 Å². The highest BCUT2D eigenvalue weighted by Gasteiger charge is 2.37. The fraction of sp³-hybridized carbons (Fsp3) is 0.549. The fourth-order valence-corrected chi connectivity index (χ4v) is 9.42. The average molecular weight is 1110 g/mol. The van der Waals surface area contributed by atoms with Crippen molar-refractivity contribution in [3.8, 4) is 11.1 Å². The molecule has 2 aromatic carbocycles. The Hall–Kier alpha value is -5.67. The summed E-state index contributed by atoms with van der Waals surface area (Å²) in [5.41, 5.74) is 13.0. The second-order valence-electron chi connectivity index (χ2n) is 18.3. The molecule has 0 radical (unpaired) electrons. The van der Waals surface area contributed by atoms with Crippen LogP contribution in [0.3, 0.4) is 0 Å². The van der Waals surface area contributed by atoms with Crippen LogP contribution in [0.15, 0.2) is 60.8 Å². The van der Waals surface area contributed by atoms with Crippen LogP contribution in [0.2, 0.25) is 0 Å². The number of rotatable bonds is 39. The molecule has 0 aliphatic carbocycles. The molecule has 3 aromatic rings. The zero-order chi connectivity index (χ0) is 56.0. The third-order valence-electron chi connectivity index (χ3n) is 11.1. The van der Waals surface area contributed by atoms with Crippen LogP contribution < -0.4 is 27.4 Å². The van der Waals surface area contributed by atoms with Crippen LogP contribution in [0.5, 0.6) is 0 Å². The zero-order valence-electron chi connectivity index (χ0n) is 43.2. The number of nitrogens with one attached hydrogen (secondary N) is 3. The molecule has 1 aromatic heterocycles. The van der Waals surface area contributed by atoms with E-state index in [0.29, 0.717) is 30.8 Å². The highest BCUT2D eigenvalue weighted by atomic mass is 32.2. The van der Waals surface area contributed by atoms with Crippen molar-refractivity contribution in [1.82, 2.24) is 25.4 Å². The summed E-state index contributed by atoms with van der Waals surface area (Å²) in [7, 11) is 0. The maximum atomic E-state index is 15.2. The fourth-order valence-electron chi connectivity index (χ4n) is 7.43. The number of nitrogens with two attached hydrogens (primary N) is 2. The van der Waals surface area contributed by atoms with Crippen LogP contribution in [0.1, 0.15) is 63.8 Å². The van der Waals surface area contributed by atoms with Crippen molar-refractivity contribution in [2.24, 2.45) is 16.9 Å². The summed E-state index contributed by atoms with van der Waals surface area (Å²) >= 11 is 1.88. The number of carbonyl (C=O) groups excluding carboxylic acids is 4. The van der Waals surface area contributed by atoms with Gasteiger partial charge < -0.3 is 71.2 Å². The molecule has 0 spiro atoms. The largest absolute Gasteiger partial charge is 0.481 e. The summed E-state index contributed by atoms with van der Waals surface area (Å²) in [6.45, 7) is 8.63. The number of amides is 4. The predicted octanol–water partition coefficient (Wildman–Crippen LogP) is 3.12. The lowest BCUT2D eigenvalue weighted by molar-refractivity contribution is -0.141. The first-order valence-electron chi connectivity index (χ1n) is 24.7.